The number of amides is 1. The number of esters is 1. The van der Waals surface area contributed by atoms with Crippen LogP contribution in [0.4, 0.5) is 5.69 Å². The summed E-state index contributed by atoms with van der Waals surface area (Å²) in [6.07, 6.45) is 1.88. The van der Waals surface area contributed by atoms with Crippen molar-refractivity contribution in [2.75, 3.05) is 19.0 Å². The summed E-state index contributed by atoms with van der Waals surface area (Å²) in [6.45, 7) is 2.56. The molecule has 138 valence electrons. The Hall–Kier alpha value is -2.24. The van der Waals surface area contributed by atoms with Crippen molar-refractivity contribution in [3.63, 3.8) is 0 Å². The highest BCUT2D eigenvalue weighted by Crippen LogP contribution is 2.34. The molecule has 0 aliphatic heterocycles. The molecule has 0 unspecified atom stereocenters. The summed E-state index contributed by atoms with van der Waals surface area (Å²) >= 11 is 12.4. The molecule has 0 spiro atoms. The average Bonchev–Trinajstić information content (AvgIpc) is 2.63. The van der Waals surface area contributed by atoms with Gasteiger partial charge in [0, 0.05) is 11.3 Å². The van der Waals surface area contributed by atoms with Crippen LogP contribution in [0.15, 0.2) is 36.4 Å². The van der Waals surface area contributed by atoms with Crippen molar-refractivity contribution < 1.29 is 19.1 Å². The standard InChI is InChI=1S/C19H19Cl2NO4/c1-3-4-9-26-17-15(20)10-13(11-16(17)21)18(23)22-14-7-5-12(6-8-14)19(24)25-2/h5-8,10-11H,3-4,9H2,1-2H3,(H,22,23). The number of halogens is 2. The molecule has 1 amide bonds. The van der Waals surface area contributed by atoms with Crippen LogP contribution in [-0.2, 0) is 4.74 Å². The van der Waals surface area contributed by atoms with E-state index in [-0.39, 0.29) is 16.0 Å². The number of methoxy groups -OCH3 is 1. The van der Waals surface area contributed by atoms with Crippen molar-refractivity contribution in [2.45, 2.75) is 19.8 Å². The molecule has 0 aromatic heterocycles. The summed E-state index contributed by atoms with van der Waals surface area (Å²) in [7, 11) is 1.31. The summed E-state index contributed by atoms with van der Waals surface area (Å²) in [5.74, 6) is -0.444. The predicted molar refractivity (Wildman–Crippen MR) is 103 cm³/mol. The zero-order valence-corrected chi connectivity index (χ0v) is 16.0. The third kappa shape index (κ3) is 5.13. The van der Waals surface area contributed by atoms with E-state index in [4.69, 9.17) is 27.9 Å². The molecular formula is C19H19Cl2NO4. The van der Waals surface area contributed by atoms with Gasteiger partial charge in [0.25, 0.3) is 5.91 Å². The molecule has 0 atom stereocenters. The second kappa shape index (κ2) is 9.46. The lowest BCUT2D eigenvalue weighted by Gasteiger charge is -2.12. The van der Waals surface area contributed by atoms with Gasteiger partial charge < -0.3 is 14.8 Å². The summed E-state index contributed by atoms with van der Waals surface area (Å²) in [4.78, 5) is 23.8. The van der Waals surface area contributed by atoms with Crippen LogP contribution < -0.4 is 10.1 Å². The smallest absolute Gasteiger partial charge is 0.337 e. The topological polar surface area (TPSA) is 64.6 Å². The van der Waals surface area contributed by atoms with E-state index in [1.807, 2.05) is 0 Å². The zero-order valence-electron chi connectivity index (χ0n) is 14.5. The van der Waals surface area contributed by atoms with Crippen LogP contribution in [0.3, 0.4) is 0 Å². The van der Waals surface area contributed by atoms with Crippen LogP contribution in [0.5, 0.6) is 5.75 Å². The fraction of sp³-hybridized carbons (Fsp3) is 0.263. The van der Waals surface area contributed by atoms with E-state index >= 15 is 0 Å². The van der Waals surface area contributed by atoms with E-state index < -0.39 is 5.97 Å². The second-order valence-corrected chi connectivity index (χ2v) is 6.31. The molecule has 0 heterocycles. The van der Waals surface area contributed by atoms with Gasteiger partial charge in [-0.05, 0) is 42.8 Å². The molecule has 0 saturated heterocycles. The van der Waals surface area contributed by atoms with E-state index in [1.165, 1.54) is 19.2 Å². The number of anilines is 1. The normalized spacial score (nSPS) is 10.3. The molecule has 2 rings (SSSR count). The van der Waals surface area contributed by atoms with Crippen LogP contribution in [0.2, 0.25) is 10.0 Å². The Morgan fingerprint density at radius 3 is 2.19 bits per heavy atom. The van der Waals surface area contributed by atoms with Crippen LogP contribution in [0, 0.1) is 0 Å². The SMILES string of the molecule is CCCCOc1c(Cl)cc(C(=O)Nc2ccc(C(=O)OC)cc2)cc1Cl. The Morgan fingerprint density at radius 1 is 1.04 bits per heavy atom. The van der Waals surface area contributed by atoms with Crippen molar-refractivity contribution in [2.24, 2.45) is 0 Å². The Morgan fingerprint density at radius 2 is 1.65 bits per heavy atom. The molecule has 0 saturated carbocycles. The number of benzene rings is 2. The van der Waals surface area contributed by atoms with Crippen LogP contribution >= 0.6 is 23.2 Å². The number of hydrogen-bond donors (Lipinski definition) is 1. The largest absolute Gasteiger partial charge is 0.490 e. The summed E-state index contributed by atoms with van der Waals surface area (Å²) in [5, 5.41) is 3.27. The fourth-order valence-corrected chi connectivity index (χ4v) is 2.75. The van der Waals surface area contributed by atoms with Gasteiger partial charge in [-0.1, -0.05) is 36.5 Å². The summed E-state index contributed by atoms with van der Waals surface area (Å²) in [6, 6.07) is 9.35. The first kappa shape index (κ1) is 20.1. The van der Waals surface area contributed by atoms with E-state index in [0.29, 0.717) is 29.2 Å². The van der Waals surface area contributed by atoms with Crippen molar-refractivity contribution in [1.82, 2.24) is 0 Å². The maximum absolute atomic E-state index is 12.4. The minimum absolute atomic E-state index is 0.278. The van der Waals surface area contributed by atoms with Crippen LogP contribution in [0.25, 0.3) is 0 Å². The first-order chi connectivity index (χ1) is 12.5. The van der Waals surface area contributed by atoms with Gasteiger partial charge in [0.1, 0.15) is 0 Å². The Kier molecular flexibility index (Phi) is 7.30. The Balaban J connectivity index is 2.10. The van der Waals surface area contributed by atoms with Crippen molar-refractivity contribution in [3.05, 3.63) is 57.6 Å². The average molecular weight is 396 g/mol. The molecule has 0 fully saturated rings. The third-order valence-electron chi connectivity index (χ3n) is 3.57. The third-order valence-corrected chi connectivity index (χ3v) is 4.13. The Bertz CT molecular complexity index is 768. The highest BCUT2D eigenvalue weighted by Gasteiger charge is 2.15. The van der Waals surface area contributed by atoms with Gasteiger partial charge in [0.15, 0.2) is 5.75 Å². The number of nitrogens with one attached hydrogen (secondary N) is 1. The highest BCUT2D eigenvalue weighted by atomic mass is 35.5. The van der Waals surface area contributed by atoms with E-state index in [2.05, 4.69) is 17.0 Å². The lowest BCUT2D eigenvalue weighted by atomic mass is 10.1. The minimum atomic E-state index is -0.444. The van der Waals surface area contributed by atoms with Crippen molar-refractivity contribution in [3.8, 4) is 5.75 Å². The first-order valence-corrected chi connectivity index (χ1v) is 8.83. The molecule has 26 heavy (non-hydrogen) atoms. The van der Waals surface area contributed by atoms with Gasteiger partial charge in [-0.25, -0.2) is 4.79 Å². The molecular weight excluding hydrogens is 377 g/mol. The van der Waals surface area contributed by atoms with E-state index in [0.717, 1.165) is 12.8 Å². The number of ether oxygens (including phenoxy) is 2. The second-order valence-electron chi connectivity index (χ2n) is 5.49. The number of rotatable bonds is 7. The molecule has 5 nitrogen and oxygen atoms in total. The van der Waals surface area contributed by atoms with Crippen molar-refractivity contribution >= 4 is 40.8 Å². The van der Waals surface area contributed by atoms with Gasteiger partial charge >= 0.3 is 5.97 Å². The van der Waals surface area contributed by atoms with Crippen LogP contribution in [-0.4, -0.2) is 25.6 Å². The molecule has 0 aliphatic rings. The fourth-order valence-electron chi connectivity index (χ4n) is 2.16. The molecule has 7 heteroatoms. The number of unbranched alkanes of at least 4 members (excludes halogenated alkanes) is 1. The van der Waals surface area contributed by atoms with Crippen LogP contribution in [0.1, 0.15) is 40.5 Å². The molecule has 2 aromatic rings. The monoisotopic (exact) mass is 395 g/mol. The van der Waals surface area contributed by atoms with Gasteiger partial charge in [-0.3, -0.25) is 4.79 Å². The molecule has 0 bridgehead atoms. The van der Waals surface area contributed by atoms with Gasteiger partial charge in [0.2, 0.25) is 0 Å². The van der Waals surface area contributed by atoms with E-state index in [1.54, 1.807) is 24.3 Å². The molecule has 0 radical (unpaired) electrons. The van der Waals surface area contributed by atoms with Crippen molar-refractivity contribution in [1.29, 1.82) is 0 Å². The maximum atomic E-state index is 12.4. The number of carbonyl (C=O) groups excluding carboxylic acids is 2. The zero-order chi connectivity index (χ0) is 19.1. The minimum Gasteiger partial charge on any atom is -0.490 e. The number of carbonyl (C=O) groups is 2. The quantitative estimate of drug-likeness (QED) is 0.515. The molecule has 0 aliphatic carbocycles. The molecule has 1 N–H and O–H groups in total. The van der Waals surface area contributed by atoms with Gasteiger partial charge in [0.05, 0.1) is 29.3 Å². The van der Waals surface area contributed by atoms with Gasteiger partial charge in [-0.2, -0.15) is 0 Å². The maximum Gasteiger partial charge on any atom is 0.337 e. The van der Waals surface area contributed by atoms with E-state index in [9.17, 15) is 9.59 Å². The Labute approximate surface area is 162 Å². The molecule has 2 aromatic carbocycles. The summed E-state index contributed by atoms with van der Waals surface area (Å²) in [5.41, 5.74) is 1.23. The first-order valence-electron chi connectivity index (χ1n) is 8.07. The van der Waals surface area contributed by atoms with Gasteiger partial charge in [-0.15, -0.1) is 0 Å². The summed E-state index contributed by atoms with van der Waals surface area (Å²) < 4.78 is 10.2. The highest BCUT2D eigenvalue weighted by molar-refractivity contribution is 6.37. The lowest BCUT2D eigenvalue weighted by Crippen LogP contribution is -2.12. The lowest BCUT2D eigenvalue weighted by molar-refractivity contribution is 0.0600. The predicted octanol–water partition coefficient (Wildman–Crippen LogP) is 5.21. The number of hydrogen-bond acceptors (Lipinski definition) is 4.